The van der Waals surface area contributed by atoms with Gasteiger partial charge in [-0.3, -0.25) is 4.79 Å². The maximum Gasteiger partial charge on any atom is 0.236 e. The molecule has 1 aromatic heterocycles. The van der Waals surface area contributed by atoms with Gasteiger partial charge in [-0.2, -0.15) is 0 Å². The van der Waals surface area contributed by atoms with Crippen LogP contribution in [0, 0.1) is 0 Å². The molecule has 0 N–H and O–H groups in total. The van der Waals surface area contributed by atoms with E-state index in [1.54, 1.807) is 18.1 Å². The van der Waals surface area contributed by atoms with Gasteiger partial charge in [0.1, 0.15) is 12.2 Å². The van der Waals surface area contributed by atoms with Gasteiger partial charge < -0.3 is 9.47 Å². The Balaban J connectivity index is 1.38. The molecule has 4 rings (SSSR count). The third kappa shape index (κ3) is 2.76. The SMILES string of the molecule is Cn1cnnc1C1CCN(C(=O)C2Cc3ccccc3S2)CC1. The maximum absolute atomic E-state index is 12.8. The number of fused-ring (bicyclic) bond motifs is 1. The summed E-state index contributed by atoms with van der Waals surface area (Å²) in [6.45, 7) is 1.65. The van der Waals surface area contributed by atoms with Crippen molar-refractivity contribution in [1.82, 2.24) is 19.7 Å². The van der Waals surface area contributed by atoms with E-state index in [0.717, 1.165) is 38.2 Å². The minimum atomic E-state index is 0.0544. The van der Waals surface area contributed by atoms with E-state index in [2.05, 4.69) is 28.4 Å². The highest BCUT2D eigenvalue weighted by Crippen LogP contribution is 2.38. The van der Waals surface area contributed by atoms with Gasteiger partial charge in [0.2, 0.25) is 5.91 Å². The number of carbonyl (C=O) groups excluding carboxylic acids is 1. The molecule has 0 radical (unpaired) electrons. The molecule has 5 nitrogen and oxygen atoms in total. The van der Waals surface area contributed by atoms with Crippen molar-refractivity contribution < 1.29 is 4.79 Å². The second-order valence-electron chi connectivity index (χ2n) is 6.32. The topological polar surface area (TPSA) is 51.0 Å². The number of aromatic nitrogens is 3. The molecule has 120 valence electrons. The van der Waals surface area contributed by atoms with Crippen LogP contribution < -0.4 is 0 Å². The van der Waals surface area contributed by atoms with Crippen molar-refractivity contribution in [3.8, 4) is 0 Å². The van der Waals surface area contributed by atoms with E-state index in [9.17, 15) is 4.79 Å². The summed E-state index contributed by atoms with van der Waals surface area (Å²) < 4.78 is 1.99. The number of benzene rings is 1. The second kappa shape index (κ2) is 6.00. The molecule has 2 aliphatic heterocycles. The van der Waals surface area contributed by atoms with E-state index in [1.807, 2.05) is 22.6 Å². The summed E-state index contributed by atoms with van der Waals surface area (Å²) >= 11 is 1.72. The number of thioether (sulfide) groups is 1. The lowest BCUT2D eigenvalue weighted by Crippen LogP contribution is -2.42. The lowest BCUT2D eigenvalue weighted by atomic mass is 9.95. The van der Waals surface area contributed by atoms with Gasteiger partial charge in [-0.05, 0) is 30.9 Å². The van der Waals surface area contributed by atoms with Crippen molar-refractivity contribution >= 4 is 17.7 Å². The van der Waals surface area contributed by atoms with Gasteiger partial charge in [0.05, 0.1) is 5.25 Å². The van der Waals surface area contributed by atoms with Crippen molar-refractivity contribution in [3.63, 3.8) is 0 Å². The molecule has 0 aliphatic carbocycles. The summed E-state index contributed by atoms with van der Waals surface area (Å²) in [5.41, 5.74) is 1.31. The lowest BCUT2D eigenvalue weighted by Gasteiger charge is -2.32. The Kier molecular flexibility index (Phi) is 3.85. The molecule has 0 spiro atoms. The Labute approximate surface area is 140 Å². The molecule has 1 aromatic carbocycles. The molecule has 2 aromatic rings. The Morgan fingerprint density at radius 3 is 2.74 bits per heavy atom. The van der Waals surface area contributed by atoms with Gasteiger partial charge in [-0.25, -0.2) is 0 Å². The number of hydrogen-bond donors (Lipinski definition) is 0. The molecule has 0 saturated carbocycles. The van der Waals surface area contributed by atoms with Crippen molar-refractivity contribution in [2.24, 2.45) is 7.05 Å². The van der Waals surface area contributed by atoms with Crippen molar-refractivity contribution in [3.05, 3.63) is 42.0 Å². The number of rotatable bonds is 2. The first-order chi connectivity index (χ1) is 11.2. The fourth-order valence-electron chi connectivity index (χ4n) is 3.54. The zero-order valence-corrected chi connectivity index (χ0v) is 14.0. The number of hydrogen-bond acceptors (Lipinski definition) is 4. The van der Waals surface area contributed by atoms with Crippen molar-refractivity contribution in [1.29, 1.82) is 0 Å². The predicted octanol–water partition coefficient (Wildman–Crippen LogP) is 2.24. The van der Waals surface area contributed by atoms with Gasteiger partial charge >= 0.3 is 0 Å². The molecule has 23 heavy (non-hydrogen) atoms. The normalized spacial score (nSPS) is 21.4. The van der Waals surface area contributed by atoms with Gasteiger partial charge in [0, 0.05) is 31.0 Å². The summed E-state index contributed by atoms with van der Waals surface area (Å²) in [5.74, 6) is 1.75. The van der Waals surface area contributed by atoms with Crippen LogP contribution in [0.1, 0.15) is 30.1 Å². The minimum Gasteiger partial charge on any atom is -0.342 e. The van der Waals surface area contributed by atoms with Crippen LogP contribution in [0.3, 0.4) is 0 Å². The van der Waals surface area contributed by atoms with Crippen LogP contribution >= 0.6 is 11.8 Å². The highest BCUT2D eigenvalue weighted by Gasteiger charge is 2.34. The molecular formula is C17H20N4OS. The van der Waals surface area contributed by atoms with E-state index in [0.29, 0.717) is 11.8 Å². The minimum absolute atomic E-state index is 0.0544. The van der Waals surface area contributed by atoms with Crippen LogP contribution in [0.25, 0.3) is 0 Å². The molecule has 1 fully saturated rings. The number of aryl methyl sites for hydroxylation is 1. The van der Waals surface area contributed by atoms with Gasteiger partial charge in [-0.15, -0.1) is 22.0 Å². The maximum atomic E-state index is 12.8. The molecule has 6 heteroatoms. The number of piperidine rings is 1. The largest absolute Gasteiger partial charge is 0.342 e. The standard InChI is InChI=1S/C17H20N4OS/c1-20-11-18-19-16(20)12-6-8-21(9-7-12)17(22)15-10-13-4-2-3-5-14(13)23-15/h2-5,11-12,15H,6-10H2,1H3. The highest BCUT2D eigenvalue weighted by molar-refractivity contribution is 8.01. The first kappa shape index (κ1) is 14.8. The number of nitrogens with zero attached hydrogens (tertiary/aromatic N) is 4. The number of likely N-dealkylation sites (tertiary alicyclic amines) is 1. The van der Waals surface area contributed by atoms with Crippen LogP contribution in [-0.4, -0.2) is 43.9 Å². The van der Waals surface area contributed by atoms with Gasteiger partial charge in [-0.1, -0.05) is 18.2 Å². The van der Waals surface area contributed by atoms with E-state index in [-0.39, 0.29) is 5.25 Å². The highest BCUT2D eigenvalue weighted by atomic mass is 32.2. The van der Waals surface area contributed by atoms with Crippen molar-refractivity contribution in [2.75, 3.05) is 13.1 Å². The van der Waals surface area contributed by atoms with Crippen LogP contribution in [0.2, 0.25) is 0 Å². The molecule has 1 saturated heterocycles. The average Bonchev–Trinajstić information content (AvgIpc) is 3.20. The summed E-state index contributed by atoms with van der Waals surface area (Å²) in [7, 11) is 1.99. The summed E-state index contributed by atoms with van der Waals surface area (Å²) in [4.78, 5) is 16.1. The molecule has 2 aliphatic rings. The molecular weight excluding hydrogens is 308 g/mol. The fraction of sp³-hybridized carbons (Fsp3) is 0.471. The average molecular weight is 328 g/mol. The Morgan fingerprint density at radius 2 is 2.04 bits per heavy atom. The molecule has 1 atom stereocenters. The quantitative estimate of drug-likeness (QED) is 0.848. The molecule has 1 unspecified atom stereocenters. The number of carbonyl (C=O) groups is 1. The van der Waals surface area contributed by atoms with E-state index in [4.69, 9.17) is 0 Å². The summed E-state index contributed by atoms with van der Waals surface area (Å²) in [5, 5.41) is 8.24. The Hall–Kier alpha value is -1.82. The lowest BCUT2D eigenvalue weighted by molar-refractivity contribution is -0.131. The van der Waals surface area contributed by atoms with Crippen molar-refractivity contribution in [2.45, 2.75) is 35.3 Å². The third-order valence-electron chi connectivity index (χ3n) is 4.84. The van der Waals surface area contributed by atoms with Crippen LogP contribution in [-0.2, 0) is 18.3 Å². The predicted molar refractivity (Wildman–Crippen MR) is 89.3 cm³/mol. The van der Waals surface area contributed by atoms with Crippen LogP contribution in [0.15, 0.2) is 35.5 Å². The van der Waals surface area contributed by atoms with E-state index < -0.39 is 0 Å². The smallest absolute Gasteiger partial charge is 0.236 e. The number of amides is 1. The first-order valence-electron chi connectivity index (χ1n) is 8.09. The first-order valence-corrected chi connectivity index (χ1v) is 8.97. The molecule has 0 bridgehead atoms. The van der Waals surface area contributed by atoms with Crippen LogP contribution in [0.4, 0.5) is 0 Å². The Bertz CT molecular complexity index is 696. The van der Waals surface area contributed by atoms with E-state index >= 15 is 0 Å². The van der Waals surface area contributed by atoms with Gasteiger partial charge in [0.15, 0.2) is 0 Å². The summed E-state index contributed by atoms with van der Waals surface area (Å²) in [6, 6.07) is 8.35. The second-order valence-corrected chi connectivity index (χ2v) is 7.56. The third-order valence-corrected chi connectivity index (χ3v) is 6.15. The molecule has 1 amide bonds. The zero-order valence-electron chi connectivity index (χ0n) is 13.2. The fourth-order valence-corrected chi connectivity index (χ4v) is 4.82. The van der Waals surface area contributed by atoms with Gasteiger partial charge in [0.25, 0.3) is 0 Å². The molecule has 3 heterocycles. The monoisotopic (exact) mass is 328 g/mol. The van der Waals surface area contributed by atoms with Crippen LogP contribution in [0.5, 0.6) is 0 Å². The van der Waals surface area contributed by atoms with E-state index in [1.165, 1.54) is 10.5 Å². The Morgan fingerprint density at radius 1 is 1.26 bits per heavy atom. The summed E-state index contributed by atoms with van der Waals surface area (Å²) in [6.07, 6.45) is 4.56. The zero-order chi connectivity index (χ0) is 15.8.